The Balaban J connectivity index is 2.23. The Morgan fingerprint density at radius 1 is 1.10 bits per heavy atom. The van der Waals surface area contributed by atoms with Gasteiger partial charge in [0.1, 0.15) is 0 Å². The average Bonchev–Trinajstić information content (AvgIpc) is 2.47. The first-order valence-electron chi connectivity index (χ1n) is 6.43. The molecule has 1 atom stereocenters. The van der Waals surface area contributed by atoms with E-state index >= 15 is 0 Å². The smallest absolute Gasteiger partial charge is 0.176 e. The normalized spacial score (nSPS) is 12.0. The van der Waals surface area contributed by atoms with Gasteiger partial charge in [0, 0.05) is 23.2 Å². The second-order valence-electron chi connectivity index (χ2n) is 4.76. The summed E-state index contributed by atoms with van der Waals surface area (Å²) in [7, 11) is 2.45. The summed E-state index contributed by atoms with van der Waals surface area (Å²) in [6, 6.07) is 14.8. The van der Waals surface area contributed by atoms with Gasteiger partial charge in [-0.25, -0.2) is 0 Å². The van der Waals surface area contributed by atoms with Crippen molar-refractivity contribution in [1.82, 2.24) is 0 Å². The van der Waals surface area contributed by atoms with Crippen LogP contribution < -0.4 is 4.90 Å². The highest BCUT2D eigenvalue weighted by atomic mass is 127. The van der Waals surface area contributed by atoms with Crippen LogP contribution in [0.4, 0.5) is 5.69 Å². The summed E-state index contributed by atoms with van der Waals surface area (Å²) in [5.74, 6) is -0.0860. The highest BCUT2D eigenvalue weighted by Crippen LogP contribution is 2.22. The third-order valence-electron chi connectivity index (χ3n) is 3.03. The first-order valence-corrected chi connectivity index (χ1v) is 8.83. The number of hydrogen-bond acceptors (Lipinski definition) is 3. The third kappa shape index (κ3) is 3.91. The largest absolute Gasteiger partial charge is 0.377 e. The molecule has 0 aromatic heterocycles. The summed E-state index contributed by atoms with van der Waals surface area (Å²) in [4.78, 5) is 14.9. The zero-order valence-corrected chi connectivity index (χ0v) is 14.8. The molecule has 110 valence electrons. The van der Waals surface area contributed by atoms with Crippen LogP contribution in [0.5, 0.6) is 0 Å². The number of rotatable bonds is 5. The summed E-state index contributed by atoms with van der Waals surface area (Å²) in [6.07, 6.45) is 0. The molecule has 3 nitrogen and oxygen atoms in total. The number of anilines is 1. The van der Waals surface area contributed by atoms with Crippen molar-refractivity contribution < 1.29 is 9.00 Å². The first kappa shape index (κ1) is 16.2. The number of nitrogens with zero attached hydrogens (tertiary/aromatic N) is 1. The van der Waals surface area contributed by atoms with Gasteiger partial charge in [0.25, 0.3) is 0 Å². The van der Waals surface area contributed by atoms with Crippen LogP contribution in [0.25, 0.3) is 0 Å². The monoisotopic (exact) mass is 413 g/mol. The van der Waals surface area contributed by atoms with Gasteiger partial charge in [-0.1, -0.05) is 30.3 Å². The SMILES string of the molecule is CN(C)c1ccccc1[S@](=O)CC(=O)c1ccccc1I. The molecule has 5 heteroatoms. The van der Waals surface area contributed by atoms with Crippen LogP contribution in [0.15, 0.2) is 53.4 Å². The van der Waals surface area contributed by atoms with Crippen molar-refractivity contribution >= 4 is 44.9 Å². The second kappa shape index (κ2) is 7.17. The lowest BCUT2D eigenvalue weighted by Gasteiger charge is -2.16. The lowest BCUT2D eigenvalue weighted by Crippen LogP contribution is -2.16. The van der Waals surface area contributed by atoms with Crippen molar-refractivity contribution in [2.45, 2.75) is 4.90 Å². The van der Waals surface area contributed by atoms with Gasteiger partial charge >= 0.3 is 0 Å². The van der Waals surface area contributed by atoms with Crippen molar-refractivity contribution in [3.8, 4) is 0 Å². The zero-order valence-electron chi connectivity index (χ0n) is 11.9. The van der Waals surface area contributed by atoms with Crippen LogP contribution in [0.1, 0.15) is 10.4 Å². The Morgan fingerprint density at radius 2 is 1.71 bits per heavy atom. The highest BCUT2D eigenvalue weighted by molar-refractivity contribution is 14.1. The van der Waals surface area contributed by atoms with E-state index in [1.54, 1.807) is 6.07 Å². The van der Waals surface area contributed by atoms with Gasteiger partial charge < -0.3 is 4.90 Å². The summed E-state index contributed by atoms with van der Waals surface area (Å²) in [5, 5.41) is 0. The molecular weight excluding hydrogens is 397 g/mol. The molecule has 0 N–H and O–H groups in total. The number of para-hydroxylation sites is 1. The molecular formula is C16H16INO2S. The van der Waals surface area contributed by atoms with Gasteiger partial charge in [-0.05, 0) is 40.8 Å². The van der Waals surface area contributed by atoms with Crippen molar-refractivity contribution in [3.63, 3.8) is 0 Å². The van der Waals surface area contributed by atoms with Crippen LogP contribution in [0, 0.1) is 3.57 Å². The van der Waals surface area contributed by atoms with Gasteiger partial charge in [-0.15, -0.1) is 0 Å². The van der Waals surface area contributed by atoms with Crippen molar-refractivity contribution in [3.05, 3.63) is 57.7 Å². The third-order valence-corrected chi connectivity index (χ3v) is 5.33. The fourth-order valence-electron chi connectivity index (χ4n) is 1.98. The van der Waals surface area contributed by atoms with Crippen LogP contribution in [-0.4, -0.2) is 29.8 Å². The summed E-state index contributed by atoms with van der Waals surface area (Å²) >= 11 is 2.13. The van der Waals surface area contributed by atoms with Gasteiger partial charge in [-0.2, -0.15) is 0 Å². The molecule has 0 spiro atoms. The molecule has 0 aliphatic heterocycles. The van der Waals surface area contributed by atoms with Gasteiger partial charge in [0.05, 0.1) is 27.1 Å². The van der Waals surface area contributed by atoms with Crippen LogP contribution in [-0.2, 0) is 10.8 Å². The molecule has 2 aromatic carbocycles. The topological polar surface area (TPSA) is 37.4 Å². The van der Waals surface area contributed by atoms with E-state index in [0.29, 0.717) is 10.5 Å². The minimum absolute atomic E-state index is 0.00483. The number of halogens is 1. The summed E-state index contributed by atoms with van der Waals surface area (Å²) < 4.78 is 13.4. The van der Waals surface area contributed by atoms with E-state index in [2.05, 4.69) is 22.6 Å². The maximum atomic E-state index is 12.5. The van der Waals surface area contributed by atoms with E-state index < -0.39 is 10.8 Å². The summed E-state index contributed by atoms with van der Waals surface area (Å²) in [6.45, 7) is 0. The Hall–Kier alpha value is -1.21. The predicted octanol–water partition coefficient (Wildman–Crippen LogP) is 3.35. The number of carbonyl (C=O) groups excluding carboxylic acids is 1. The van der Waals surface area contributed by atoms with E-state index in [0.717, 1.165) is 9.26 Å². The average molecular weight is 413 g/mol. The fraction of sp³-hybridized carbons (Fsp3) is 0.188. The lowest BCUT2D eigenvalue weighted by atomic mass is 10.2. The highest BCUT2D eigenvalue weighted by Gasteiger charge is 2.17. The number of Topliss-reactive ketones (excluding diaryl/α,β-unsaturated/α-hetero) is 1. The minimum Gasteiger partial charge on any atom is -0.377 e. The molecule has 21 heavy (non-hydrogen) atoms. The van der Waals surface area contributed by atoms with Crippen molar-refractivity contribution in [2.24, 2.45) is 0 Å². The van der Waals surface area contributed by atoms with Crippen LogP contribution >= 0.6 is 22.6 Å². The molecule has 0 unspecified atom stereocenters. The molecule has 0 saturated heterocycles. The maximum Gasteiger partial charge on any atom is 0.176 e. The number of hydrogen-bond donors (Lipinski definition) is 0. The molecule has 2 rings (SSSR count). The Bertz CT molecular complexity index is 685. The number of ketones is 1. The van der Waals surface area contributed by atoms with Crippen LogP contribution in [0.3, 0.4) is 0 Å². The molecule has 0 bridgehead atoms. The number of benzene rings is 2. The molecule has 2 aromatic rings. The number of carbonyl (C=O) groups is 1. The van der Waals surface area contributed by atoms with Gasteiger partial charge in [0.15, 0.2) is 5.78 Å². The lowest BCUT2D eigenvalue weighted by molar-refractivity contribution is 0.102. The van der Waals surface area contributed by atoms with Crippen LogP contribution in [0.2, 0.25) is 0 Å². The van der Waals surface area contributed by atoms with Crippen molar-refractivity contribution in [2.75, 3.05) is 24.7 Å². The van der Waals surface area contributed by atoms with Gasteiger partial charge in [0.2, 0.25) is 0 Å². The maximum absolute atomic E-state index is 12.5. The zero-order chi connectivity index (χ0) is 15.4. The molecule has 0 saturated carbocycles. The van der Waals surface area contributed by atoms with Crippen molar-refractivity contribution in [1.29, 1.82) is 0 Å². The van der Waals surface area contributed by atoms with Gasteiger partial charge in [-0.3, -0.25) is 9.00 Å². The molecule has 0 aliphatic rings. The van der Waals surface area contributed by atoms with E-state index in [1.807, 2.05) is 61.5 Å². The standard InChI is InChI=1S/C16H16INO2S/c1-18(2)14-9-5-6-10-16(14)21(20)11-15(19)12-7-3-4-8-13(12)17/h3-10H,11H2,1-2H3/t21-/m1/s1. The quantitative estimate of drug-likeness (QED) is 0.558. The first-order chi connectivity index (χ1) is 10.0. The Morgan fingerprint density at radius 3 is 2.38 bits per heavy atom. The molecule has 0 fully saturated rings. The Labute approximate surface area is 141 Å². The molecule has 0 heterocycles. The van der Waals surface area contributed by atoms with E-state index in [1.165, 1.54) is 0 Å². The minimum atomic E-state index is -1.35. The molecule has 0 radical (unpaired) electrons. The van der Waals surface area contributed by atoms with E-state index in [-0.39, 0.29) is 11.5 Å². The fourth-order valence-corrected chi connectivity index (χ4v) is 3.93. The van der Waals surface area contributed by atoms with E-state index in [9.17, 15) is 9.00 Å². The predicted molar refractivity (Wildman–Crippen MR) is 95.5 cm³/mol. The second-order valence-corrected chi connectivity index (χ2v) is 7.34. The summed E-state index contributed by atoms with van der Waals surface area (Å²) in [5.41, 5.74) is 1.51. The van der Waals surface area contributed by atoms with E-state index in [4.69, 9.17) is 0 Å². The Kier molecular flexibility index (Phi) is 5.52. The molecule has 0 amide bonds. The molecule has 0 aliphatic carbocycles.